The number of carbonyl (C=O) groups is 2. The standard InChI is InChI=1S/C22H19NO5/c24-20(19(22(26)27)23-21(25)15-8-3-1-4-9-15)16-10-7-13-18(14-16)28-17-11-5-2-6-12-17/h1-14,19-20,24H,(H,23,25)(H,26,27). The summed E-state index contributed by atoms with van der Waals surface area (Å²) >= 11 is 0. The molecule has 2 atom stereocenters. The van der Waals surface area contributed by atoms with Gasteiger partial charge in [0.1, 0.15) is 17.6 Å². The van der Waals surface area contributed by atoms with Crippen molar-refractivity contribution in [3.05, 3.63) is 96.1 Å². The molecule has 0 aliphatic rings. The van der Waals surface area contributed by atoms with Crippen molar-refractivity contribution in [3.63, 3.8) is 0 Å². The minimum Gasteiger partial charge on any atom is -0.480 e. The quantitative estimate of drug-likeness (QED) is 0.587. The first kappa shape index (κ1) is 19.1. The molecule has 0 aromatic heterocycles. The van der Waals surface area contributed by atoms with Gasteiger partial charge in [-0.15, -0.1) is 0 Å². The molecule has 0 radical (unpaired) electrons. The average Bonchev–Trinajstić information content (AvgIpc) is 2.72. The smallest absolute Gasteiger partial charge is 0.329 e. The highest BCUT2D eigenvalue weighted by Gasteiger charge is 2.30. The zero-order valence-corrected chi connectivity index (χ0v) is 14.9. The number of benzene rings is 3. The molecule has 0 fully saturated rings. The van der Waals surface area contributed by atoms with Gasteiger partial charge in [0, 0.05) is 5.56 Å². The Labute approximate surface area is 162 Å². The van der Waals surface area contributed by atoms with Crippen LogP contribution in [-0.4, -0.2) is 28.1 Å². The van der Waals surface area contributed by atoms with Crippen LogP contribution in [0, 0.1) is 0 Å². The van der Waals surface area contributed by atoms with Crippen molar-refractivity contribution in [1.29, 1.82) is 0 Å². The minimum atomic E-state index is -1.51. The number of carbonyl (C=O) groups excluding carboxylic acids is 1. The molecule has 142 valence electrons. The number of aliphatic carboxylic acids is 1. The number of carboxylic acid groups (broad SMARTS) is 1. The fourth-order valence-electron chi connectivity index (χ4n) is 2.67. The first-order valence-electron chi connectivity index (χ1n) is 8.64. The van der Waals surface area contributed by atoms with Crippen LogP contribution >= 0.6 is 0 Å². The third-order valence-electron chi connectivity index (χ3n) is 4.08. The lowest BCUT2D eigenvalue weighted by Crippen LogP contribution is -2.45. The van der Waals surface area contributed by atoms with Gasteiger partial charge in [0.15, 0.2) is 6.04 Å². The van der Waals surface area contributed by atoms with Gasteiger partial charge in [-0.25, -0.2) is 4.79 Å². The average molecular weight is 377 g/mol. The Morgan fingerprint density at radius 3 is 2.07 bits per heavy atom. The molecule has 2 unspecified atom stereocenters. The molecule has 3 aromatic rings. The van der Waals surface area contributed by atoms with Crippen molar-refractivity contribution >= 4 is 11.9 Å². The summed E-state index contributed by atoms with van der Waals surface area (Å²) in [4.78, 5) is 23.9. The highest BCUT2D eigenvalue weighted by molar-refractivity contribution is 5.96. The van der Waals surface area contributed by atoms with E-state index in [-0.39, 0.29) is 0 Å². The van der Waals surface area contributed by atoms with Gasteiger partial charge in [0.2, 0.25) is 0 Å². The van der Waals surface area contributed by atoms with E-state index < -0.39 is 24.0 Å². The number of para-hydroxylation sites is 1. The summed E-state index contributed by atoms with van der Waals surface area (Å²) in [6.45, 7) is 0. The molecule has 0 aliphatic heterocycles. The zero-order chi connectivity index (χ0) is 19.9. The Kier molecular flexibility index (Phi) is 6.04. The molecule has 6 nitrogen and oxygen atoms in total. The second-order valence-electron chi connectivity index (χ2n) is 6.09. The third-order valence-corrected chi connectivity index (χ3v) is 4.08. The Bertz CT molecular complexity index is 943. The van der Waals surface area contributed by atoms with E-state index in [0.29, 0.717) is 22.6 Å². The molecular weight excluding hydrogens is 358 g/mol. The monoisotopic (exact) mass is 377 g/mol. The number of nitrogens with one attached hydrogen (secondary N) is 1. The van der Waals surface area contributed by atoms with Gasteiger partial charge < -0.3 is 20.3 Å². The second-order valence-corrected chi connectivity index (χ2v) is 6.09. The maximum Gasteiger partial charge on any atom is 0.329 e. The van der Waals surface area contributed by atoms with Crippen molar-refractivity contribution in [2.75, 3.05) is 0 Å². The van der Waals surface area contributed by atoms with Crippen LogP contribution in [0.5, 0.6) is 11.5 Å². The molecule has 0 heterocycles. The number of carboxylic acids is 1. The third kappa shape index (κ3) is 4.75. The van der Waals surface area contributed by atoms with Crippen molar-refractivity contribution < 1.29 is 24.5 Å². The lowest BCUT2D eigenvalue weighted by atomic mass is 10.0. The molecule has 0 aliphatic carbocycles. The largest absolute Gasteiger partial charge is 0.480 e. The number of ether oxygens (including phenoxy) is 1. The minimum absolute atomic E-state index is 0.308. The summed E-state index contributed by atoms with van der Waals surface area (Å²) in [7, 11) is 0. The molecular formula is C22H19NO5. The Balaban J connectivity index is 1.78. The molecule has 0 spiro atoms. The van der Waals surface area contributed by atoms with Gasteiger partial charge in [-0.2, -0.15) is 0 Å². The van der Waals surface area contributed by atoms with Gasteiger partial charge in [-0.05, 0) is 42.0 Å². The second kappa shape index (κ2) is 8.83. The summed E-state index contributed by atoms with van der Waals surface area (Å²) in [5.74, 6) is -0.863. The van der Waals surface area contributed by atoms with Crippen LogP contribution in [0.2, 0.25) is 0 Å². The predicted octanol–water partition coefficient (Wildman–Crippen LogP) is 3.40. The lowest BCUT2D eigenvalue weighted by molar-refractivity contribution is -0.142. The summed E-state index contributed by atoms with van der Waals surface area (Å²) in [6, 6.07) is 22.2. The summed E-state index contributed by atoms with van der Waals surface area (Å²) < 4.78 is 5.71. The van der Waals surface area contributed by atoms with Crippen LogP contribution in [0.15, 0.2) is 84.9 Å². The van der Waals surface area contributed by atoms with Gasteiger partial charge >= 0.3 is 5.97 Å². The van der Waals surface area contributed by atoms with Gasteiger partial charge in [-0.1, -0.05) is 48.5 Å². The molecule has 0 saturated carbocycles. The lowest BCUT2D eigenvalue weighted by Gasteiger charge is -2.21. The molecule has 3 aromatic carbocycles. The Morgan fingerprint density at radius 1 is 0.821 bits per heavy atom. The molecule has 0 saturated heterocycles. The van der Waals surface area contributed by atoms with Crippen LogP contribution in [-0.2, 0) is 4.79 Å². The van der Waals surface area contributed by atoms with Crippen molar-refractivity contribution in [3.8, 4) is 11.5 Å². The number of aliphatic hydroxyl groups is 1. The summed E-state index contributed by atoms with van der Waals surface area (Å²) in [5, 5.41) is 22.5. The Morgan fingerprint density at radius 2 is 1.43 bits per heavy atom. The number of aliphatic hydroxyl groups excluding tert-OH is 1. The maximum atomic E-state index is 12.3. The van der Waals surface area contributed by atoms with Crippen LogP contribution in [0.3, 0.4) is 0 Å². The topological polar surface area (TPSA) is 95.9 Å². The fraction of sp³-hybridized carbons (Fsp3) is 0.0909. The van der Waals surface area contributed by atoms with Crippen LogP contribution < -0.4 is 10.1 Å². The van der Waals surface area contributed by atoms with E-state index in [4.69, 9.17) is 4.74 Å². The number of rotatable bonds is 7. The van der Waals surface area contributed by atoms with E-state index in [1.807, 2.05) is 18.2 Å². The first-order chi connectivity index (χ1) is 13.5. The predicted molar refractivity (Wildman–Crippen MR) is 103 cm³/mol. The number of hydrogen-bond donors (Lipinski definition) is 3. The van der Waals surface area contributed by atoms with Crippen molar-refractivity contribution in [2.45, 2.75) is 12.1 Å². The van der Waals surface area contributed by atoms with E-state index in [9.17, 15) is 19.8 Å². The zero-order valence-electron chi connectivity index (χ0n) is 14.9. The fourth-order valence-corrected chi connectivity index (χ4v) is 2.67. The Hall–Kier alpha value is -3.64. The van der Waals surface area contributed by atoms with Gasteiger partial charge in [-0.3, -0.25) is 4.79 Å². The number of hydrogen-bond acceptors (Lipinski definition) is 4. The highest BCUT2D eigenvalue weighted by Crippen LogP contribution is 2.26. The molecule has 6 heteroatoms. The van der Waals surface area contributed by atoms with E-state index in [1.165, 1.54) is 0 Å². The highest BCUT2D eigenvalue weighted by atomic mass is 16.5. The van der Waals surface area contributed by atoms with Crippen LogP contribution in [0.1, 0.15) is 22.0 Å². The van der Waals surface area contributed by atoms with Crippen LogP contribution in [0.4, 0.5) is 0 Å². The van der Waals surface area contributed by atoms with Gasteiger partial charge in [0.05, 0.1) is 0 Å². The van der Waals surface area contributed by atoms with Gasteiger partial charge in [0.25, 0.3) is 5.91 Å². The molecule has 28 heavy (non-hydrogen) atoms. The number of amides is 1. The SMILES string of the molecule is O=C(NC(C(=O)O)C(O)c1cccc(Oc2ccccc2)c1)c1ccccc1. The molecule has 3 N–H and O–H groups in total. The van der Waals surface area contributed by atoms with Crippen LogP contribution in [0.25, 0.3) is 0 Å². The van der Waals surface area contributed by atoms with Crippen molar-refractivity contribution in [2.24, 2.45) is 0 Å². The van der Waals surface area contributed by atoms with E-state index in [1.54, 1.807) is 66.7 Å². The first-order valence-corrected chi connectivity index (χ1v) is 8.64. The van der Waals surface area contributed by atoms with Crippen molar-refractivity contribution in [1.82, 2.24) is 5.32 Å². The molecule has 0 bridgehead atoms. The summed E-state index contributed by atoms with van der Waals surface area (Å²) in [5.41, 5.74) is 0.622. The van der Waals surface area contributed by atoms with E-state index >= 15 is 0 Å². The molecule has 1 amide bonds. The van der Waals surface area contributed by atoms with E-state index in [2.05, 4.69) is 5.32 Å². The summed E-state index contributed by atoms with van der Waals surface area (Å²) in [6.07, 6.45) is -1.45. The maximum absolute atomic E-state index is 12.3. The van der Waals surface area contributed by atoms with E-state index in [0.717, 1.165) is 0 Å². The normalized spacial score (nSPS) is 12.6. The molecule has 3 rings (SSSR count).